The number of carboxylic acid groups (broad SMARTS) is 2. The van der Waals surface area contributed by atoms with Crippen LogP contribution < -0.4 is 5.32 Å². The number of carboxylic acids is 2. The van der Waals surface area contributed by atoms with Gasteiger partial charge in [0.15, 0.2) is 0 Å². The number of hydrogen-bond acceptors (Lipinski definition) is 3. The average molecular weight is 279 g/mol. The lowest BCUT2D eigenvalue weighted by Gasteiger charge is -2.12. The highest BCUT2D eigenvalue weighted by Gasteiger charge is 2.22. The fourth-order valence-corrected chi connectivity index (χ4v) is 1.78. The summed E-state index contributed by atoms with van der Waals surface area (Å²) in [4.78, 5) is 33.0. The van der Waals surface area contributed by atoms with Crippen molar-refractivity contribution in [2.45, 2.75) is 32.2 Å². The van der Waals surface area contributed by atoms with E-state index in [1.165, 1.54) is 0 Å². The van der Waals surface area contributed by atoms with E-state index in [9.17, 15) is 14.4 Å². The van der Waals surface area contributed by atoms with Crippen molar-refractivity contribution in [3.8, 4) is 0 Å². The van der Waals surface area contributed by atoms with E-state index in [4.69, 9.17) is 10.2 Å². The Hall–Kier alpha value is -2.37. The monoisotopic (exact) mass is 279 g/mol. The van der Waals surface area contributed by atoms with E-state index in [0.717, 1.165) is 11.1 Å². The van der Waals surface area contributed by atoms with Gasteiger partial charge in [-0.15, -0.1) is 0 Å². The lowest BCUT2D eigenvalue weighted by molar-refractivity contribution is -0.147. The molecule has 6 nitrogen and oxygen atoms in total. The highest BCUT2D eigenvalue weighted by Crippen LogP contribution is 2.09. The molecule has 0 saturated heterocycles. The summed E-state index contributed by atoms with van der Waals surface area (Å²) >= 11 is 0. The Balaban J connectivity index is 2.52. The normalized spacial score (nSPS) is 11.7. The summed E-state index contributed by atoms with van der Waals surface area (Å²) in [6.07, 6.45) is -0.0302. The third kappa shape index (κ3) is 5.09. The smallest absolute Gasteiger partial charge is 0.326 e. The Bertz CT molecular complexity index is 512. The zero-order valence-corrected chi connectivity index (χ0v) is 11.1. The standard InChI is InChI=1S/C14H17NO5/c1-9-4-2-3-5-10(9)6-7-12(16)15-11(14(19)20)8-13(17)18/h2-5,11H,6-8H2,1H3,(H,15,16)(H,17,18)(H,19,20)/t11-/m0/s1. The van der Waals surface area contributed by atoms with Crippen molar-refractivity contribution in [1.29, 1.82) is 0 Å². The van der Waals surface area contributed by atoms with E-state index in [0.29, 0.717) is 6.42 Å². The van der Waals surface area contributed by atoms with Gasteiger partial charge in [0.2, 0.25) is 5.91 Å². The van der Waals surface area contributed by atoms with Gasteiger partial charge < -0.3 is 15.5 Å². The average Bonchev–Trinajstić information content (AvgIpc) is 2.36. The number of carbonyl (C=O) groups excluding carboxylic acids is 1. The minimum absolute atomic E-state index is 0.119. The molecule has 0 bridgehead atoms. The molecule has 6 heteroatoms. The molecule has 1 amide bonds. The first-order valence-corrected chi connectivity index (χ1v) is 6.18. The van der Waals surface area contributed by atoms with Crippen molar-refractivity contribution in [1.82, 2.24) is 5.32 Å². The van der Waals surface area contributed by atoms with Crippen LogP contribution >= 0.6 is 0 Å². The number of amides is 1. The lowest BCUT2D eigenvalue weighted by Crippen LogP contribution is -2.42. The molecule has 0 heterocycles. The van der Waals surface area contributed by atoms with Crippen LogP contribution in [0, 0.1) is 6.92 Å². The van der Waals surface area contributed by atoms with Crippen LogP contribution in [0.25, 0.3) is 0 Å². The van der Waals surface area contributed by atoms with Crippen molar-refractivity contribution in [2.75, 3.05) is 0 Å². The Labute approximate surface area is 116 Å². The number of aliphatic carboxylic acids is 2. The number of carbonyl (C=O) groups is 3. The number of benzene rings is 1. The van der Waals surface area contributed by atoms with E-state index in [1.54, 1.807) is 0 Å². The van der Waals surface area contributed by atoms with Gasteiger partial charge in [0.1, 0.15) is 6.04 Å². The maximum atomic E-state index is 11.7. The summed E-state index contributed by atoms with van der Waals surface area (Å²) in [6, 6.07) is 6.19. The fourth-order valence-electron chi connectivity index (χ4n) is 1.78. The molecule has 0 aliphatic carbocycles. The van der Waals surface area contributed by atoms with E-state index in [1.807, 2.05) is 31.2 Å². The van der Waals surface area contributed by atoms with Crippen molar-refractivity contribution in [2.24, 2.45) is 0 Å². The maximum absolute atomic E-state index is 11.7. The van der Waals surface area contributed by atoms with Gasteiger partial charge in [0.05, 0.1) is 6.42 Å². The zero-order valence-electron chi connectivity index (χ0n) is 11.1. The van der Waals surface area contributed by atoms with E-state index in [2.05, 4.69) is 5.32 Å². The van der Waals surface area contributed by atoms with Crippen LogP contribution in [0.3, 0.4) is 0 Å². The summed E-state index contributed by atoms with van der Waals surface area (Å²) in [7, 11) is 0. The Morgan fingerprint density at radius 1 is 1.20 bits per heavy atom. The zero-order chi connectivity index (χ0) is 15.1. The van der Waals surface area contributed by atoms with Gasteiger partial charge in [0.25, 0.3) is 0 Å². The van der Waals surface area contributed by atoms with Gasteiger partial charge in [-0.1, -0.05) is 24.3 Å². The molecule has 0 spiro atoms. The molecule has 0 aromatic heterocycles. The molecule has 20 heavy (non-hydrogen) atoms. The van der Waals surface area contributed by atoms with Gasteiger partial charge >= 0.3 is 11.9 Å². The van der Waals surface area contributed by atoms with Crippen LogP contribution in [0.1, 0.15) is 24.0 Å². The third-order valence-electron chi connectivity index (χ3n) is 2.89. The van der Waals surface area contributed by atoms with Crippen molar-refractivity contribution < 1.29 is 24.6 Å². The van der Waals surface area contributed by atoms with Gasteiger partial charge in [-0.2, -0.15) is 0 Å². The maximum Gasteiger partial charge on any atom is 0.326 e. The SMILES string of the molecule is Cc1ccccc1CCC(=O)N[C@@H](CC(=O)O)C(=O)O. The molecule has 0 aliphatic heterocycles. The van der Waals surface area contributed by atoms with Crippen molar-refractivity contribution >= 4 is 17.8 Å². The molecule has 0 saturated carbocycles. The Kier molecular flexibility index (Phi) is 5.71. The van der Waals surface area contributed by atoms with Gasteiger partial charge in [-0.3, -0.25) is 9.59 Å². The van der Waals surface area contributed by atoms with E-state index < -0.39 is 30.3 Å². The minimum Gasteiger partial charge on any atom is -0.481 e. The Morgan fingerprint density at radius 3 is 2.40 bits per heavy atom. The topological polar surface area (TPSA) is 104 Å². The molecule has 1 aromatic carbocycles. The number of rotatable bonds is 7. The fraction of sp³-hybridized carbons (Fsp3) is 0.357. The van der Waals surface area contributed by atoms with Crippen molar-refractivity contribution in [3.05, 3.63) is 35.4 Å². The second-order valence-corrected chi connectivity index (χ2v) is 4.48. The summed E-state index contributed by atoms with van der Waals surface area (Å²) in [5.74, 6) is -3.09. The Morgan fingerprint density at radius 2 is 1.85 bits per heavy atom. The largest absolute Gasteiger partial charge is 0.481 e. The third-order valence-corrected chi connectivity index (χ3v) is 2.89. The first-order valence-electron chi connectivity index (χ1n) is 6.18. The first-order chi connectivity index (χ1) is 9.40. The molecule has 0 radical (unpaired) electrons. The highest BCUT2D eigenvalue weighted by atomic mass is 16.4. The molecule has 1 aromatic rings. The second kappa shape index (κ2) is 7.28. The van der Waals surface area contributed by atoms with Crippen LogP contribution in [0.4, 0.5) is 0 Å². The molecule has 0 aliphatic rings. The summed E-state index contributed by atoms with van der Waals surface area (Å²) in [5, 5.41) is 19.6. The number of aryl methyl sites for hydroxylation is 2. The van der Waals surface area contributed by atoms with Gasteiger partial charge in [-0.05, 0) is 24.5 Å². The van der Waals surface area contributed by atoms with Crippen molar-refractivity contribution in [3.63, 3.8) is 0 Å². The summed E-state index contributed by atoms with van der Waals surface area (Å²) in [5.41, 5.74) is 2.06. The highest BCUT2D eigenvalue weighted by molar-refractivity contribution is 5.86. The number of nitrogens with one attached hydrogen (secondary N) is 1. The van der Waals surface area contributed by atoms with E-state index >= 15 is 0 Å². The summed E-state index contributed by atoms with van der Waals surface area (Å²) < 4.78 is 0. The van der Waals surface area contributed by atoms with Crippen LogP contribution in [-0.2, 0) is 20.8 Å². The van der Waals surface area contributed by atoms with Crippen LogP contribution in [0.2, 0.25) is 0 Å². The quantitative estimate of drug-likeness (QED) is 0.690. The first kappa shape index (κ1) is 15.7. The molecule has 0 unspecified atom stereocenters. The summed E-state index contributed by atoms with van der Waals surface area (Å²) in [6.45, 7) is 1.93. The van der Waals surface area contributed by atoms with Crippen LogP contribution in [0.15, 0.2) is 24.3 Å². The second-order valence-electron chi connectivity index (χ2n) is 4.48. The predicted molar refractivity (Wildman–Crippen MR) is 71.3 cm³/mol. The molecular formula is C14H17NO5. The van der Waals surface area contributed by atoms with Gasteiger partial charge in [-0.25, -0.2) is 4.79 Å². The number of hydrogen-bond donors (Lipinski definition) is 3. The molecule has 1 atom stereocenters. The molecule has 1 rings (SSSR count). The van der Waals surface area contributed by atoms with Gasteiger partial charge in [0, 0.05) is 6.42 Å². The minimum atomic E-state index is -1.39. The lowest BCUT2D eigenvalue weighted by atomic mass is 10.0. The molecule has 3 N–H and O–H groups in total. The van der Waals surface area contributed by atoms with Crippen LogP contribution in [0.5, 0.6) is 0 Å². The molecular weight excluding hydrogens is 262 g/mol. The predicted octanol–water partition coefficient (Wildman–Crippen LogP) is 0.972. The molecule has 0 fully saturated rings. The van der Waals surface area contributed by atoms with Crippen LogP contribution in [-0.4, -0.2) is 34.1 Å². The van der Waals surface area contributed by atoms with E-state index in [-0.39, 0.29) is 6.42 Å². The molecule has 108 valence electrons.